The molecule has 1 saturated carbocycles. The first-order valence-corrected chi connectivity index (χ1v) is 8.87. The summed E-state index contributed by atoms with van der Waals surface area (Å²) in [7, 11) is 0. The Balaban J connectivity index is 0.00000192. The van der Waals surface area contributed by atoms with Crippen molar-refractivity contribution >= 4 is 24.1 Å². The van der Waals surface area contributed by atoms with E-state index in [2.05, 4.69) is 20.8 Å². The number of hydrogen-bond acceptors (Lipinski definition) is 3. The Morgan fingerprint density at radius 1 is 1.22 bits per heavy atom. The fraction of sp³-hybridized carbons (Fsp3) is 0.765. The van der Waals surface area contributed by atoms with E-state index in [4.69, 9.17) is 0 Å². The molecule has 1 aliphatic carbocycles. The molecular formula is C17H29ClN4O. The summed E-state index contributed by atoms with van der Waals surface area (Å²) in [5.41, 5.74) is 1.19. The van der Waals surface area contributed by atoms with Gasteiger partial charge in [0, 0.05) is 24.1 Å². The molecule has 2 aliphatic rings. The van der Waals surface area contributed by atoms with Crippen LogP contribution in [0.3, 0.4) is 0 Å². The lowest BCUT2D eigenvalue weighted by Gasteiger charge is -2.10. The molecule has 0 aromatic carbocycles. The summed E-state index contributed by atoms with van der Waals surface area (Å²) >= 11 is 0. The van der Waals surface area contributed by atoms with Crippen molar-refractivity contribution in [2.75, 3.05) is 18.4 Å². The molecule has 1 aliphatic heterocycles. The number of rotatable bonds is 5. The Bertz CT molecular complexity index is 477. The number of amides is 1. The van der Waals surface area contributed by atoms with Gasteiger partial charge in [0.15, 0.2) is 5.82 Å². The smallest absolute Gasteiger partial charge is 0.225 e. The standard InChI is InChI=1S/C17H28N4O.ClH/c22-17(8-7-13-9-10-18-12-13)19-16-11-15(20-21-16)14-5-3-1-2-4-6-14;/h11,13-14,18H,1-10,12H2,(H2,19,20,21,22);1H. The summed E-state index contributed by atoms with van der Waals surface area (Å²) < 4.78 is 0. The van der Waals surface area contributed by atoms with Crippen LogP contribution >= 0.6 is 12.4 Å². The number of aromatic amines is 1. The van der Waals surface area contributed by atoms with Crippen LogP contribution in [0, 0.1) is 5.92 Å². The second kappa shape index (κ2) is 9.28. The van der Waals surface area contributed by atoms with Crippen molar-refractivity contribution in [1.82, 2.24) is 15.5 Å². The first-order valence-electron chi connectivity index (χ1n) is 8.87. The van der Waals surface area contributed by atoms with Crippen LogP contribution in [0.4, 0.5) is 5.82 Å². The minimum absolute atomic E-state index is 0. The van der Waals surface area contributed by atoms with Crippen molar-refractivity contribution in [3.63, 3.8) is 0 Å². The van der Waals surface area contributed by atoms with E-state index in [0.29, 0.717) is 24.1 Å². The molecule has 1 atom stereocenters. The summed E-state index contributed by atoms with van der Waals surface area (Å²) in [5.74, 6) is 2.02. The number of anilines is 1. The van der Waals surface area contributed by atoms with Gasteiger partial charge in [0.25, 0.3) is 0 Å². The number of H-pyrrole nitrogens is 1. The molecule has 3 rings (SSSR count). The molecular weight excluding hydrogens is 312 g/mol. The van der Waals surface area contributed by atoms with Crippen molar-refractivity contribution in [2.45, 2.75) is 63.7 Å². The highest BCUT2D eigenvalue weighted by molar-refractivity contribution is 5.89. The van der Waals surface area contributed by atoms with E-state index in [1.54, 1.807) is 0 Å². The zero-order valence-electron chi connectivity index (χ0n) is 13.8. The van der Waals surface area contributed by atoms with Gasteiger partial charge in [-0.3, -0.25) is 9.89 Å². The second-order valence-corrected chi connectivity index (χ2v) is 6.84. The molecule has 2 fully saturated rings. The number of carbonyl (C=O) groups is 1. The van der Waals surface area contributed by atoms with Gasteiger partial charge in [-0.05, 0) is 44.7 Å². The number of carbonyl (C=O) groups excluding carboxylic acids is 1. The Kier molecular flexibility index (Phi) is 7.37. The van der Waals surface area contributed by atoms with Gasteiger partial charge in [-0.25, -0.2) is 0 Å². The van der Waals surface area contributed by atoms with Gasteiger partial charge in [0.1, 0.15) is 0 Å². The third-order valence-electron chi connectivity index (χ3n) is 5.10. The molecule has 5 nitrogen and oxygen atoms in total. The quantitative estimate of drug-likeness (QED) is 0.717. The Morgan fingerprint density at radius 2 is 2.00 bits per heavy atom. The van der Waals surface area contributed by atoms with Crippen LogP contribution in [0.15, 0.2) is 6.07 Å². The largest absolute Gasteiger partial charge is 0.316 e. The third-order valence-corrected chi connectivity index (χ3v) is 5.10. The average Bonchev–Trinajstić information content (AvgIpc) is 3.12. The molecule has 130 valence electrons. The molecule has 1 aromatic rings. The first kappa shape index (κ1) is 18.3. The lowest BCUT2D eigenvalue weighted by Crippen LogP contribution is -2.15. The SMILES string of the molecule is Cl.O=C(CCC1CCNC1)Nc1cc(C2CCCCCC2)[nH]n1. The predicted molar refractivity (Wildman–Crippen MR) is 95.1 cm³/mol. The summed E-state index contributed by atoms with van der Waals surface area (Å²) in [5, 5.41) is 13.7. The molecule has 1 amide bonds. The normalized spacial score (nSPS) is 22.3. The highest BCUT2D eigenvalue weighted by Gasteiger charge is 2.18. The fourth-order valence-corrected chi connectivity index (χ4v) is 3.70. The van der Waals surface area contributed by atoms with E-state index >= 15 is 0 Å². The zero-order valence-corrected chi connectivity index (χ0v) is 14.6. The molecule has 2 heterocycles. The molecule has 6 heteroatoms. The summed E-state index contributed by atoms with van der Waals surface area (Å²) in [4.78, 5) is 12.0. The zero-order chi connectivity index (χ0) is 15.2. The number of aromatic nitrogens is 2. The van der Waals surface area contributed by atoms with Crippen LogP contribution in [-0.2, 0) is 4.79 Å². The van der Waals surface area contributed by atoms with Gasteiger partial charge < -0.3 is 10.6 Å². The minimum Gasteiger partial charge on any atom is -0.316 e. The molecule has 0 spiro atoms. The van der Waals surface area contributed by atoms with E-state index in [1.165, 1.54) is 50.6 Å². The van der Waals surface area contributed by atoms with Crippen molar-refractivity contribution in [3.8, 4) is 0 Å². The summed E-state index contributed by atoms with van der Waals surface area (Å²) in [6.45, 7) is 2.15. The van der Waals surface area contributed by atoms with Crippen LogP contribution in [0.1, 0.15) is 69.4 Å². The Hall–Kier alpha value is -1.07. The first-order chi connectivity index (χ1) is 10.8. The number of nitrogens with one attached hydrogen (secondary N) is 3. The van der Waals surface area contributed by atoms with Crippen LogP contribution in [0.5, 0.6) is 0 Å². The van der Waals surface area contributed by atoms with Crippen molar-refractivity contribution in [2.24, 2.45) is 5.92 Å². The van der Waals surface area contributed by atoms with Gasteiger partial charge >= 0.3 is 0 Å². The average molecular weight is 341 g/mol. The molecule has 3 N–H and O–H groups in total. The molecule has 1 aromatic heterocycles. The lowest BCUT2D eigenvalue weighted by atomic mass is 9.97. The highest BCUT2D eigenvalue weighted by Crippen LogP contribution is 2.31. The maximum absolute atomic E-state index is 12.0. The maximum Gasteiger partial charge on any atom is 0.225 e. The number of halogens is 1. The van der Waals surface area contributed by atoms with Crippen LogP contribution in [0.25, 0.3) is 0 Å². The maximum atomic E-state index is 12.0. The van der Waals surface area contributed by atoms with Gasteiger partial charge in [-0.1, -0.05) is 25.7 Å². The summed E-state index contributed by atoms with van der Waals surface area (Å²) in [6.07, 6.45) is 10.6. The lowest BCUT2D eigenvalue weighted by molar-refractivity contribution is -0.116. The van der Waals surface area contributed by atoms with Crippen LogP contribution < -0.4 is 10.6 Å². The van der Waals surface area contributed by atoms with Gasteiger partial charge in [-0.2, -0.15) is 5.10 Å². The monoisotopic (exact) mass is 340 g/mol. The second-order valence-electron chi connectivity index (χ2n) is 6.84. The molecule has 1 saturated heterocycles. The summed E-state index contributed by atoms with van der Waals surface area (Å²) in [6, 6.07) is 2.03. The molecule has 0 bridgehead atoms. The van der Waals surface area contributed by atoms with Crippen LogP contribution in [0.2, 0.25) is 0 Å². The van der Waals surface area contributed by atoms with E-state index in [-0.39, 0.29) is 18.3 Å². The van der Waals surface area contributed by atoms with Crippen LogP contribution in [-0.4, -0.2) is 29.2 Å². The number of hydrogen-bond donors (Lipinski definition) is 3. The van der Waals surface area contributed by atoms with Gasteiger partial charge in [0.2, 0.25) is 5.91 Å². The van der Waals surface area contributed by atoms with E-state index in [0.717, 1.165) is 19.5 Å². The molecule has 0 radical (unpaired) electrons. The van der Waals surface area contributed by atoms with Gasteiger partial charge in [-0.15, -0.1) is 12.4 Å². The third kappa shape index (κ3) is 5.50. The van der Waals surface area contributed by atoms with Crippen molar-refractivity contribution in [3.05, 3.63) is 11.8 Å². The van der Waals surface area contributed by atoms with E-state index in [9.17, 15) is 4.79 Å². The fourth-order valence-electron chi connectivity index (χ4n) is 3.70. The van der Waals surface area contributed by atoms with E-state index in [1.807, 2.05) is 6.07 Å². The van der Waals surface area contributed by atoms with E-state index < -0.39 is 0 Å². The topological polar surface area (TPSA) is 69.8 Å². The van der Waals surface area contributed by atoms with Crippen molar-refractivity contribution < 1.29 is 4.79 Å². The van der Waals surface area contributed by atoms with Gasteiger partial charge in [0.05, 0.1) is 0 Å². The van der Waals surface area contributed by atoms with Crippen molar-refractivity contribution in [1.29, 1.82) is 0 Å². The predicted octanol–water partition coefficient (Wildman–Crippen LogP) is 3.60. The molecule has 1 unspecified atom stereocenters. The highest BCUT2D eigenvalue weighted by atomic mass is 35.5. The Labute approximate surface area is 144 Å². The Morgan fingerprint density at radius 3 is 2.70 bits per heavy atom. The molecule has 23 heavy (non-hydrogen) atoms. The number of nitrogens with zero attached hydrogens (tertiary/aromatic N) is 1. The minimum atomic E-state index is 0.